The highest BCUT2D eigenvalue weighted by molar-refractivity contribution is 7.12. The lowest BCUT2D eigenvalue weighted by Gasteiger charge is -2.14. The summed E-state index contributed by atoms with van der Waals surface area (Å²) in [6.45, 7) is 3.74. The summed E-state index contributed by atoms with van der Waals surface area (Å²) >= 11 is 1.33. The molecule has 116 valence electrons. The van der Waals surface area contributed by atoms with E-state index < -0.39 is 0 Å². The Hall–Kier alpha value is -2.34. The Morgan fingerprint density at radius 3 is 2.64 bits per heavy atom. The van der Waals surface area contributed by atoms with Crippen LogP contribution in [0, 0.1) is 0 Å². The minimum atomic E-state index is -0.301. The Labute approximate surface area is 133 Å². The number of thiophene rings is 1. The number of carbonyl (C=O) groups excluding carboxylic acids is 2. The van der Waals surface area contributed by atoms with Gasteiger partial charge in [0, 0.05) is 0 Å². The quantitative estimate of drug-likeness (QED) is 0.860. The van der Waals surface area contributed by atoms with E-state index in [1.165, 1.54) is 11.3 Å². The van der Waals surface area contributed by atoms with Gasteiger partial charge in [0.25, 0.3) is 5.91 Å². The van der Waals surface area contributed by atoms with E-state index in [0.29, 0.717) is 16.3 Å². The van der Waals surface area contributed by atoms with Crippen molar-refractivity contribution in [1.29, 1.82) is 0 Å². The Bertz CT molecular complexity index is 639. The Balaban J connectivity index is 1.91. The molecule has 5 nitrogen and oxygen atoms in total. The van der Waals surface area contributed by atoms with E-state index in [2.05, 4.69) is 10.6 Å². The summed E-state index contributed by atoms with van der Waals surface area (Å²) in [5, 5.41) is 7.14. The lowest BCUT2D eigenvalue weighted by Crippen LogP contribution is -2.32. The third-order valence-corrected chi connectivity index (χ3v) is 3.55. The van der Waals surface area contributed by atoms with E-state index in [1.54, 1.807) is 24.3 Å². The first-order valence-electron chi connectivity index (χ1n) is 6.93. The number of nitrogens with one attached hydrogen (secondary N) is 2. The molecular weight excluding hydrogens is 300 g/mol. The average Bonchev–Trinajstić information content (AvgIpc) is 3.00. The van der Waals surface area contributed by atoms with Crippen molar-refractivity contribution in [2.45, 2.75) is 20.0 Å². The van der Waals surface area contributed by atoms with Crippen molar-refractivity contribution in [3.05, 3.63) is 46.7 Å². The van der Waals surface area contributed by atoms with Crippen molar-refractivity contribution in [2.24, 2.45) is 0 Å². The van der Waals surface area contributed by atoms with Gasteiger partial charge in [-0.1, -0.05) is 18.2 Å². The molecule has 1 aromatic carbocycles. The van der Waals surface area contributed by atoms with Gasteiger partial charge in [0.2, 0.25) is 5.91 Å². The molecule has 0 radical (unpaired) electrons. The van der Waals surface area contributed by atoms with Crippen LogP contribution < -0.4 is 15.4 Å². The second kappa shape index (κ2) is 7.61. The van der Waals surface area contributed by atoms with Crippen LogP contribution in [0.2, 0.25) is 0 Å². The second-order valence-electron chi connectivity index (χ2n) is 4.87. The number of ether oxygens (including phenoxy) is 1. The monoisotopic (exact) mass is 318 g/mol. The summed E-state index contributed by atoms with van der Waals surface area (Å²) in [5.41, 5.74) is 0.589. The number of carbonyl (C=O) groups is 2. The van der Waals surface area contributed by atoms with Crippen LogP contribution in [-0.2, 0) is 4.79 Å². The van der Waals surface area contributed by atoms with Crippen LogP contribution in [0.25, 0.3) is 0 Å². The molecule has 2 rings (SSSR count). The molecule has 2 amide bonds. The molecule has 0 saturated heterocycles. The molecule has 0 aliphatic rings. The van der Waals surface area contributed by atoms with Crippen molar-refractivity contribution in [3.8, 4) is 5.75 Å². The zero-order valence-electron chi connectivity index (χ0n) is 12.5. The van der Waals surface area contributed by atoms with Crippen LogP contribution in [-0.4, -0.2) is 24.5 Å². The molecule has 2 N–H and O–H groups in total. The standard InChI is InChI=1S/C16H18N2O3S/c1-11(2)21-13-7-4-3-6-12(13)18-15(19)10-17-16(20)14-8-5-9-22-14/h3-9,11H,10H2,1-2H3,(H,17,20)(H,18,19). The predicted molar refractivity (Wildman–Crippen MR) is 87.5 cm³/mol. The lowest BCUT2D eigenvalue weighted by atomic mass is 10.3. The fraction of sp³-hybridized carbons (Fsp3) is 0.250. The Morgan fingerprint density at radius 1 is 1.18 bits per heavy atom. The van der Waals surface area contributed by atoms with Crippen molar-refractivity contribution in [1.82, 2.24) is 5.32 Å². The molecule has 1 aromatic heterocycles. The number of anilines is 1. The molecule has 0 aliphatic heterocycles. The zero-order chi connectivity index (χ0) is 15.9. The van der Waals surface area contributed by atoms with Crippen molar-refractivity contribution < 1.29 is 14.3 Å². The summed E-state index contributed by atoms with van der Waals surface area (Å²) in [5.74, 6) is 0.0528. The molecule has 0 unspecified atom stereocenters. The maximum absolute atomic E-state index is 11.9. The van der Waals surface area contributed by atoms with Gasteiger partial charge in [0.15, 0.2) is 0 Å². The maximum atomic E-state index is 11.9. The smallest absolute Gasteiger partial charge is 0.261 e. The Morgan fingerprint density at radius 2 is 1.95 bits per heavy atom. The van der Waals surface area contributed by atoms with Crippen LogP contribution in [0.1, 0.15) is 23.5 Å². The van der Waals surface area contributed by atoms with Gasteiger partial charge in [0.1, 0.15) is 5.75 Å². The van der Waals surface area contributed by atoms with E-state index in [-0.39, 0.29) is 24.5 Å². The van der Waals surface area contributed by atoms with E-state index in [0.717, 1.165) is 0 Å². The molecule has 0 spiro atoms. The first-order valence-corrected chi connectivity index (χ1v) is 7.81. The topological polar surface area (TPSA) is 67.4 Å². The molecule has 22 heavy (non-hydrogen) atoms. The second-order valence-corrected chi connectivity index (χ2v) is 5.82. The van der Waals surface area contributed by atoms with Crippen LogP contribution >= 0.6 is 11.3 Å². The van der Waals surface area contributed by atoms with Crippen LogP contribution in [0.3, 0.4) is 0 Å². The third-order valence-electron chi connectivity index (χ3n) is 2.68. The van der Waals surface area contributed by atoms with E-state index in [1.807, 2.05) is 31.4 Å². The number of amides is 2. The van der Waals surface area contributed by atoms with Crippen molar-refractivity contribution >= 4 is 28.8 Å². The largest absolute Gasteiger partial charge is 0.489 e. The molecule has 1 heterocycles. The normalized spacial score (nSPS) is 10.3. The van der Waals surface area contributed by atoms with Gasteiger partial charge in [-0.25, -0.2) is 0 Å². The van der Waals surface area contributed by atoms with Gasteiger partial charge >= 0.3 is 0 Å². The van der Waals surface area contributed by atoms with E-state index in [4.69, 9.17) is 4.74 Å². The van der Waals surface area contributed by atoms with Gasteiger partial charge in [0.05, 0.1) is 23.2 Å². The van der Waals surface area contributed by atoms with Crippen molar-refractivity contribution in [3.63, 3.8) is 0 Å². The fourth-order valence-electron chi connectivity index (χ4n) is 1.78. The molecule has 0 aliphatic carbocycles. The average molecular weight is 318 g/mol. The highest BCUT2D eigenvalue weighted by Gasteiger charge is 2.11. The van der Waals surface area contributed by atoms with Crippen molar-refractivity contribution in [2.75, 3.05) is 11.9 Å². The van der Waals surface area contributed by atoms with Gasteiger partial charge in [-0.3, -0.25) is 9.59 Å². The zero-order valence-corrected chi connectivity index (χ0v) is 13.3. The van der Waals surface area contributed by atoms with E-state index in [9.17, 15) is 9.59 Å². The molecule has 0 bridgehead atoms. The van der Waals surface area contributed by atoms with Crippen LogP contribution in [0.5, 0.6) is 5.75 Å². The summed E-state index contributed by atoms with van der Waals surface area (Å²) in [6, 6.07) is 10.7. The number of benzene rings is 1. The summed E-state index contributed by atoms with van der Waals surface area (Å²) in [7, 11) is 0. The number of rotatable bonds is 6. The minimum absolute atomic E-state index is 0.0107. The van der Waals surface area contributed by atoms with Gasteiger partial charge in [-0.2, -0.15) is 0 Å². The molecule has 0 fully saturated rings. The van der Waals surface area contributed by atoms with Gasteiger partial charge < -0.3 is 15.4 Å². The molecule has 2 aromatic rings. The number of hydrogen-bond donors (Lipinski definition) is 2. The first kappa shape index (κ1) is 16.0. The highest BCUT2D eigenvalue weighted by Crippen LogP contribution is 2.24. The Kier molecular flexibility index (Phi) is 5.55. The van der Waals surface area contributed by atoms with Gasteiger partial charge in [-0.05, 0) is 37.4 Å². The lowest BCUT2D eigenvalue weighted by molar-refractivity contribution is -0.115. The summed E-state index contributed by atoms with van der Waals surface area (Å²) in [4.78, 5) is 24.3. The summed E-state index contributed by atoms with van der Waals surface area (Å²) in [6.07, 6.45) is 0.0107. The number of hydrogen-bond acceptors (Lipinski definition) is 4. The highest BCUT2D eigenvalue weighted by atomic mass is 32.1. The van der Waals surface area contributed by atoms with Crippen LogP contribution in [0.15, 0.2) is 41.8 Å². The molecule has 0 saturated carbocycles. The molecule has 0 atom stereocenters. The van der Waals surface area contributed by atoms with Crippen LogP contribution in [0.4, 0.5) is 5.69 Å². The molecular formula is C16H18N2O3S. The SMILES string of the molecule is CC(C)Oc1ccccc1NC(=O)CNC(=O)c1cccs1. The van der Waals surface area contributed by atoms with E-state index >= 15 is 0 Å². The molecule has 6 heteroatoms. The first-order chi connectivity index (χ1) is 10.6. The predicted octanol–water partition coefficient (Wildman–Crippen LogP) is 2.90. The number of para-hydroxylation sites is 2. The maximum Gasteiger partial charge on any atom is 0.261 e. The minimum Gasteiger partial charge on any atom is -0.489 e. The third kappa shape index (κ3) is 4.60. The summed E-state index contributed by atoms with van der Waals surface area (Å²) < 4.78 is 5.63. The van der Waals surface area contributed by atoms with Gasteiger partial charge in [-0.15, -0.1) is 11.3 Å². The fourth-order valence-corrected chi connectivity index (χ4v) is 2.42.